The van der Waals surface area contributed by atoms with Crippen molar-refractivity contribution in [2.75, 3.05) is 6.54 Å². The van der Waals surface area contributed by atoms with Crippen LogP contribution in [0.1, 0.15) is 90.4 Å². The molecule has 0 aliphatic carbocycles. The molecule has 0 aromatic heterocycles. The summed E-state index contributed by atoms with van der Waals surface area (Å²) in [5.41, 5.74) is 5.38. The lowest BCUT2D eigenvalue weighted by Gasteiger charge is -2.03. The molecular formula is C15H35N3. The van der Waals surface area contributed by atoms with E-state index < -0.39 is 0 Å². The van der Waals surface area contributed by atoms with Gasteiger partial charge in [-0.05, 0) is 6.42 Å². The predicted molar refractivity (Wildman–Crippen MR) is 81.0 cm³/mol. The first-order valence-corrected chi connectivity index (χ1v) is 8.10. The summed E-state index contributed by atoms with van der Waals surface area (Å²) in [5.74, 6) is 5.11. The van der Waals surface area contributed by atoms with Gasteiger partial charge in [-0.1, -0.05) is 84.0 Å². The van der Waals surface area contributed by atoms with E-state index in [1.807, 2.05) is 0 Å². The largest absolute Gasteiger partial charge is 0.258 e. The molecule has 0 atom stereocenters. The monoisotopic (exact) mass is 257 g/mol. The quantitative estimate of drug-likeness (QED) is 0.236. The van der Waals surface area contributed by atoms with E-state index >= 15 is 0 Å². The molecule has 0 radical (unpaired) electrons. The van der Waals surface area contributed by atoms with Crippen LogP contribution in [0.2, 0.25) is 0 Å². The number of hydrogen-bond donors (Lipinski definition) is 3. The van der Waals surface area contributed by atoms with Crippen LogP contribution >= 0.6 is 0 Å². The van der Waals surface area contributed by atoms with Gasteiger partial charge in [0.05, 0.1) is 0 Å². The molecule has 0 spiro atoms. The molecule has 0 saturated carbocycles. The van der Waals surface area contributed by atoms with E-state index in [-0.39, 0.29) is 0 Å². The van der Waals surface area contributed by atoms with Crippen molar-refractivity contribution in [2.45, 2.75) is 90.4 Å². The number of nitrogens with two attached hydrogens (primary N) is 1. The molecule has 0 fully saturated rings. The molecule has 3 heteroatoms. The number of nitrogens with one attached hydrogen (secondary N) is 2. The lowest BCUT2D eigenvalue weighted by Crippen LogP contribution is -2.38. The Kier molecular flexibility index (Phi) is 16.8. The summed E-state index contributed by atoms with van der Waals surface area (Å²) in [6, 6.07) is 0. The molecule has 4 N–H and O–H groups in total. The summed E-state index contributed by atoms with van der Waals surface area (Å²) in [5, 5.41) is 0. The predicted octanol–water partition coefficient (Wildman–Crippen LogP) is 4.05. The average molecular weight is 257 g/mol. The van der Waals surface area contributed by atoms with Gasteiger partial charge in [0.1, 0.15) is 0 Å². The highest BCUT2D eigenvalue weighted by molar-refractivity contribution is 4.49. The topological polar surface area (TPSA) is 50.1 Å². The van der Waals surface area contributed by atoms with E-state index in [1.165, 1.54) is 83.5 Å². The van der Waals surface area contributed by atoms with Crippen LogP contribution in [0, 0.1) is 0 Å². The Bertz CT molecular complexity index is 124. The fourth-order valence-electron chi connectivity index (χ4n) is 2.30. The Hall–Kier alpha value is -0.120. The van der Waals surface area contributed by atoms with Gasteiger partial charge in [0.15, 0.2) is 0 Å². The van der Waals surface area contributed by atoms with Gasteiger partial charge in [0.25, 0.3) is 0 Å². The second-order valence-corrected chi connectivity index (χ2v) is 5.31. The Morgan fingerprint density at radius 1 is 0.611 bits per heavy atom. The number of rotatable bonds is 15. The van der Waals surface area contributed by atoms with E-state index in [0.29, 0.717) is 0 Å². The third-order valence-corrected chi connectivity index (χ3v) is 3.51. The normalized spacial score (nSPS) is 11.0. The maximum absolute atomic E-state index is 5.11. The summed E-state index contributed by atoms with van der Waals surface area (Å²) in [4.78, 5) is 0. The van der Waals surface area contributed by atoms with Crippen molar-refractivity contribution in [3.63, 3.8) is 0 Å². The molecule has 0 bridgehead atoms. The number of hydrazine groups is 2. The molecular weight excluding hydrogens is 222 g/mol. The second-order valence-electron chi connectivity index (χ2n) is 5.31. The van der Waals surface area contributed by atoms with Crippen LogP contribution in [0.3, 0.4) is 0 Å². The first-order valence-electron chi connectivity index (χ1n) is 8.10. The average Bonchev–Trinajstić information content (AvgIpc) is 2.39. The molecule has 0 aromatic carbocycles. The third-order valence-electron chi connectivity index (χ3n) is 3.51. The number of unbranched alkanes of at least 4 members (excludes halogenated alkanes) is 12. The van der Waals surface area contributed by atoms with Crippen molar-refractivity contribution < 1.29 is 0 Å². The third kappa shape index (κ3) is 15.9. The minimum atomic E-state index is 0.980. The zero-order valence-corrected chi connectivity index (χ0v) is 12.5. The first kappa shape index (κ1) is 17.9. The summed E-state index contributed by atoms with van der Waals surface area (Å²) in [7, 11) is 0. The van der Waals surface area contributed by atoms with Crippen LogP contribution in [0.4, 0.5) is 0 Å². The fourth-order valence-corrected chi connectivity index (χ4v) is 2.30. The van der Waals surface area contributed by atoms with Crippen molar-refractivity contribution in [1.29, 1.82) is 0 Å². The molecule has 18 heavy (non-hydrogen) atoms. The van der Waals surface area contributed by atoms with Gasteiger partial charge < -0.3 is 0 Å². The van der Waals surface area contributed by atoms with E-state index in [1.54, 1.807) is 0 Å². The summed E-state index contributed by atoms with van der Waals surface area (Å²) in [6.07, 6.45) is 18.2. The summed E-state index contributed by atoms with van der Waals surface area (Å²) < 4.78 is 0. The summed E-state index contributed by atoms with van der Waals surface area (Å²) in [6.45, 7) is 3.26. The second kappa shape index (κ2) is 16.9. The highest BCUT2D eigenvalue weighted by Gasteiger charge is 1.93. The molecule has 110 valence electrons. The smallest absolute Gasteiger partial charge is 0.0113 e. The Labute approximate surface area is 114 Å². The van der Waals surface area contributed by atoms with Crippen LogP contribution < -0.4 is 16.8 Å². The van der Waals surface area contributed by atoms with E-state index in [2.05, 4.69) is 17.9 Å². The maximum Gasteiger partial charge on any atom is 0.0113 e. The highest BCUT2D eigenvalue weighted by atomic mass is 15.5. The van der Waals surface area contributed by atoms with Crippen molar-refractivity contribution in [1.82, 2.24) is 11.0 Å². The van der Waals surface area contributed by atoms with Gasteiger partial charge in [0, 0.05) is 6.54 Å². The standard InChI is InChI=1S/C15H35N3/c1-2-3-4-5-6-7-8-9-10-11-12-13-14-15-17-18-16/h17-18H,2-16H2,1H3. The molecule has 0 saturated heterocycles. The van der Waals surface area contributed by atoms with Crippen LogP contribution in [-0.4, -0.2) is 6.54 Å². The van der Waals surface area contributed by atoms with Gasteiger partial charge in [-0.3, -0.25) is 5.84 Å². The van der Waals surface area contributed by atoms with Crippen molar-refractivity contribution in [3.8, 4) is 0 Å². The fraction of sp³-hybridized carbons (Fsp3) is 1.00. The maximum atomic E-state index is 5.11. The molecule has 3 nitrogen and oxygen atoms in total. The molecule has 0 aliphatic rings. The summed E-state index contributed by atoms with van der Waals surface area (Å²) >= 11 is 0. The zero-order valence-electron chi connectivity index (χ0n) is 12.5. The van der Waals surface area contributed by atoms with E-state index in [0.717, 1.165) is 6.54 Å². The van der Waals surface area contributed by atoms with E-state index in [4.69, 9.17) is 5.84 Å². The minimum Gasteiger partial charge on any atom is -0.258 e. The SMILES string of the molecule is CCCCCCCCCCCCCCCNNN. The Morgan fingerprint density at radius 3 is 1.39 bits per heavy atom. The molecule has 0 aromatic rings. The van der Waals surface area contributed by atoms with Gasteiger partial charge >= 0.3 is 0 Å². The number of hydrogen-bond acceptors (Lipinski definition) is 3. The van der Waals surface area contributed by atoms with Gasteiger partial charge in [-0.25, -0.2) is 5.43 Å². The van der Waals surface area contributed by atoms with E-state index in [9.17, 15) is 0 Å². The molecule has 0 heterocycles. The van der Waals surface area contributed by atoms with Crippen LogP contribution in [-0.2, 0) is 0 Å². The molecule has 0 unspecified atom stereocenters. The lowest BCUT2D eigenvalue weighted by atomic mass is 10.0. The Morgan fingerprint density at radius 2 is 1.00 bits per heavy atom. The van der Waals surface area contributed by atoms with Crippen LogP contribution in [0.15, 0.2) is 0 Å². The van der Waals surface area contributed by atoms with Gasteiger partial charge in [0.2, 0.25) is 0 Å². The lowest BCUT2D eigenvalue weighted by molar-refractivity contribution is 0.504. The van der Waals surface area contributed by atoms with Crippen molar-refractivity contribution >= 4 is 0 Å². The molecule has 0 amide bonds. The van der Waals surface area contributed by atoms with Gasteiger partial charge in [-0.15, -0.1) is 0 Å². The zero-order chi connectivity index (χ0) is 13.3. The van der Waals surface area contributed by atoms with Crippen LogP contribution in [0.5, 0.6) is 0 Å². The molecule has 0 aliphatic heterocycles. The minimum absolute atomic E-state index is 0.980. The first-order chi connectivity index (χ1) is 8.91. The molecule has 0 rings (SSSR count). The van der Waals surface area contributed by atoms with Crippen molar-refractivity contribution in [3.05, 3.63) is 0 Å². The van der Waals surface area contributed by atoms with Crippen LogP contribution in [0.25, 0.3) is 0 Å². The Balaban J connectivity index is 2.86. The van der Waals surface area contributed by atoms with Crippen molar-refractivity contribution in [2.24, 2.45) is 5.84 Å². The highest BCUT2D eigenvalue weighted by Crippen LogP contribution is 2.12. The van der Waals surface area contributed by atoms with Gasteiger partial charge in [-0.2, -0.15) is 5.53 Å².